The van der Waals surface area contributed by atoms with E-state index >= 15 is 4.39 Å². The van der Waals surface area contributed by atoms with E-state index in [-0.39, 0.29) is 34.9 Å². The molecule has 33 heavy (non-hydrogen) atoms. The van der Waals surface area contributed by atoms with Gasteiger partial charge >= 0.3 is 0 Å². The van der Waals surface area contributed by atoms with Crippen LogP contribution in [0, 0.1) is 11.6 Å². The zero-order valence-corrected chi connectivity index (χ0v) is 17.9. The fourth-order valence-corrected chi connectivity index (χ4v) is 3.89. The highest BCUT2D eigenvalue weighted by molar-refractivity contribution is 5.99. The molecule has 170 valence electrons. The molecule has 0 spiro atoms. The molecule has 0 bridgehead atoms. The predicted octanol–water partition coefficient (Wildman–Crippen LogP) is 3.94. The highest BCUT2D eigenvalue weighted by Crippen LogP contribution is 2.35. The lowest BCUT2D eigenvalue weighted by Crippen LogP contribution is -2.19. The van der Waals surface area contributed by atoms with Crippen molar-refractivity contribution >= 4 is 22.8 Å². The third-order valence-corrected chi connectivity index (χ3v) is 5.58. The highest BCUT2D eigenvalue weighted by atomic mass is 19.1. The van der Waals surface area contributed by atoms with E-state index in [2.05, 4.69) is 20.4 Å². The van der Waals surface area contributed by atoms with Crippen LogP contribution in [0.2, 0.25) is 0 Å². The number of rotatable bonds is 6. The van der Waals surface area contributed by atoms with Crippen molar-refractivity contribution in [3.8, 4) is 22.7 Å². The van der Waals surface area contributed by atoms with E-state index in [9.17, 15) is 4.39 Å². The standard InChI is InChI=1S/C23H22F2N6O2/c1-32-15-8-9-17(18(25)11-15)20-19-21(26)31(14-6-4-13(24)5-7-14)30-22(19)29-23(28-20)27-12-16-3-2-10-33-16/h4-9,11,16H,2-3,10,12,26H2,1H3,(H,27,29,30)/t16-/m1/s1. The fraction of sp³-hybridized carbons (Fsp3) is 0.261. The van der Waals surface area contributed by atoms with Crippen LogP contribution in [0.1, 0.15) is 12.8 Å². The van der Waals surface area contributed by atoms with Crippen molar-refractivity contribution in [1.29, 1.82) is 0 Å². The fourth-order valence-electron chi connectivity index (χ4n) is 3.89. The lowest BCUT2D eigenvalue weighted by atomic mass is 10.1. The molecule has 2 aromatic heterocycles. The van der Waals surface area contributed by atoms with Gasteiger partial charge in [-0.1, -0.05) is 0 Å². The minimum Gasteiger partial charge on any atom is -0.497 e. The minimum absolute atomic E-state index is 0.0623. The van der Waals surface area contributed by atoms with Crippen LogP contribution in [0.25, 0.3) is 28.0 Å². The van der Waals surface area contributed by atoms with Gasteiger partial charge in [0.25, 0.3) is 0 Å². The maximum Gasteiger partial charge on any atom is 0.225 e. The first-order valence-corrected chi connectivity index (χ1v) is 10.5. The van der Waals surface area contributed by atoms with Gasteiger partial charge in [0, 0.05) is 24.8 Å². The number of methoxy groups -OCH3 is 1. The smallest absolute Gasteiger partial charge is 0.225 e. The lowest BCUT2D eigenvalue weighted by molar-refractivity contribution is 0.120. The largest absolute Gasteiger partial charge is 0.497 e. The number of ether oxygens (including phenoxy) is 2. The molecule has 0 amide bonds. The van der Waals surface area contributed by atoms with Crippen LogP contribution >= 0.6 is 0 Å². The van der Waals surface area contributed by atoms with Gasteiger partial charge in [-0.25, -0.2) is 18.4 Å². The van der Waals surface area contributed by atoms with Gasteiger partial charge in [-0.15, -0.1) is 5.10 Å². The Morgan fingerprint density at radius 2 is 2.00 bits per heavy atom. The molecule has 0 radical (unpaired) electrons. The molecule has 5 rings (SSSR count). The maximum absolute atomic E-state index is 15.0. The van der Waals surface area contributed by atoms with Crippen molar-refractivity contribution < 1.29 is 18.3 Å². The molecule has 8 nitrogen and oxygen atoms in total. The van der Waals surface area contributed by atoms with Crippen LogP contribution in [0.4, 0.5) is 20.5 Å². The maximum atomic E-state index is 15.0. The Balaban J connectivity index is 1.65. The third kappa shape index (κ3) is 4.05. The lowest BCUT2D eigenvalue weighted by Gasteiger charge is -2.12. The van der Waals surface area contributed by atoms with Crippen LogP contribution in [0.5, 0.6) is 5.75 Å². The summed E-state index contributed by atoms with van der Waals surface area (Å²) in [6, 6.07) is 10.2. The molecule has 1 atom stereocenters. The first-order chi connectivity index (χ1) is 16.0. The Morgan fingerprint density at radius 3 is 2.70 bits per heavy atom. The topological polar surface area (TPSA) is 100 Å². The molecule has 1 saturated heterocycles. The van der Waals surface area contributed by atoms with Crippen molar-refractivity contribution in [2.75, 3.05) is 31.3 Å². The summed E-state index contributed by atoms with van der Waals surface area (Å²) in [7, 11) is 1.47. The normalized spacial score (nSPS) is 15.8. The number of halogens is 2. The molecule has 3 heterocycles. The SMILES string of the molecule is COc1ccc(-c2nc(NC[C@H]3CCCO3)nc3nn(-c4ccc(F)cc4)c(N)c23)c(F)c1. The summed E-state index contributed by atoms with van der Waals surface area (Å²) in [5.74, 6) is -0.0171. The van der Waals surface area contributed by atoms with Crippen LogP contribution < -0.4 is 15.8 Å². The van der Waals surface area contributed by atoms with Gasteiger partial charge in [-0.2, -0.15) is 4.98 Å². The van der Waals surface area contributed by atoms with Crippen molar-refractivity contribution in [3.63, 3.8) is 0 Å². The molecule has 0 saturated carbocycles. The number of nitrogens with one attached hydrogen (secondary N) is 1. The summed E-state index contributed by atoms with van der Waals surface area (Å²) in [5.41, 5.74) is 7.77. The van der Waals surface area contributed by atoms with Crippen molar-refractivity contribution in [2.45, 2.75) is 18.9 Å². The van der Waals surface area contributed by atoms with Crippen LogP contribution in [0.3, 0.4) is 0 Å². The van der Waals surface area contributed by atoms with E-state index in [1.807, 2.05) is 0 Å². The van der Waals surface area contributed by atoms with Gasteiger partial charge in [-0.3, -0.25) is 0 Å². The quantitative estimate of drug-likeness (QED) is 0.457. The average molecular weight is 452 g/mol. The number of aromatic nitrogens is 4. The number of benzene rings is 2. The van der Waals surface area contributed by atoms with E-state index in [4.69, 9.17) is 15.2 Å². The summed E-state index contributed by atoms with van der Waals surface area (Å²) in [6.07, 6.45) is 2.02. The molecular weight excluding hydrogens is 430 g/mol. The molecule has 10 heteroatoms. The van der Waals surface area contributed by atoms with Gasteiger partial charge in [-0.05, 0) is 49.2 Å². The van der Waals surface area contributed by atoms with E-state index in [1.165, 1.54) is 30.0 Å². The summed E-state index contributed by atoms with van der Waals surface area (Å²) in [4.78, 5) is 9.08. The first kappa shape index (κ1) is 21.1. The second kappa shape index (κ2) is 8.62. The molecule has 1 aliphatic heterocycles. The molecule has 0 aliphatic carbocycles. The summed E-state index contributed by atoms with van der Waals surface area (Å²) < 4.78 is 40.6. The average Bonchev–Trinajstić information content (AvgIpc) is 3.46. The molecule has 1 aliphatic rings. The van der Waals surface area contributed by atoms with Crippen molar-refractivity contribution in [3.05, 3.63) is 54.1 Å². The highest BCUT2D eigenvalue weighted by Gasteiger charge is 2.22. The molecule has 2 aromatic carbocycles. The molecule has 4 aromatic rings. The van der Waals surface area contributed by atoms with Crippen molar-refractivity contribution in [2.24, 2.45) is 0 Å². The zero-order valence-electron chi connectivity index (χ0n) is 17.9. The third-order valence-electron chi connectivity index (χ3n) is 5.58. The Hall–Kier alpha value is -3.79. The van der Waals surface area contributed by atoms with Crippen LogP contribution in [-0.2, 0) is 4.74 Å². The molecular formula is C23H22F2N6O2. The van der Waals surface area contributed by atoms with E-state index in [0.717, 1.165) is 19.4 Å². The summed E-state index contributed by atoms with van der Waals surface area (Å²) >= 11 is 0. The van der Waals surface area contributed by atoms with Gasteiger partial charge in [0.15, 0.2) is 5.65 Å². The Kier molecular flexibility index (Phi) is 5.51. The summed E-state index contributed by atoms with van der Waals surface area (Å²) in [5, 5.41) is 8.07. The number of nitrogens with two attached hydrogens (primary N) is 1. The van der Waals surface area contributed by atoms with Crippen LogP contribution in [-0.4, -0.2) is 46.1 Å². The number of hydrogen-bond donors (Lipinski definition) is 2. The first-order valence-electron chi connectivity index (χ1n) is 10.5. The van der Waals surface area contributed by atoms with E-state index in [0.29, 0.717) is 29.1 Å². The zero-order chi connectivity index (χ0) is 22.9. The number of fused-ring (bicyclic) bond motifs is 1. The number of nitrogen functional groups attached to an aromatic ring is 1. The summed E-state index contributed by atoms with van der Waals surface area (Å²) in [6.45, 7) is 1.25. The molecule has 1 fully saturated rings. The second-order valence-corrected chi connectivity index (χ2v) is 7.73. The number of nitrogens with zero attached hydrogens (tertiary/aromatic N) is 4. The van der Waals surface area contributed by atoms with E-state index < -0.39 is 5.82 Å². The van der Waals surface area contributed by atoms with Gasteiger partial charge in [0.2, 0.25) is 5.95 Å². The van der Waals surface area contributed by atoms with Gasteiger partial charge in [0.05, 0.1) is 30.0 Å². The second-order valence-electron chi connectivity index (χ2n) is 7.73. The minimum atomic E-state index is -0.520. The Morgan fingerprint density at radius 1 is 1.18 bits per heavy atom. The monoisotopic (exact) mass is 452 g/mol. The van der Waals surface area contributed by atoms with Gasteiger partial charge < -0.3 is 20.5 Å². The van der Waals surface area contributed by atoms with Gasteiger partial charge in [0.1, 0.15) is 23.2 Å². The Bertz CT molecular complexity index is 1300. The molecule has 0 unspecified atom stereocenters. The number of anilines is 2. The Labute approximate surface area is 188 Å². The van der Waals surface area contributed by atoms with Crippen molar-refractivity contribution in [1.82, 2.24) is 19.7 Å². The predicted molar refractivity (Wildman–Crippen MR) is 120 cm³/mol. The molecule has 3 N–H and O–H groups in total. The van der Waals surface area contributed by atoms with E-state index in [1.54, 1.807) is 24.3 Å². The number of hydrogen-bond acceptors (Lipinski definition) is 7. The van der Waals surface area contributed by atoms with Crippen LogP contribution in [0.15, 0.2) is 42.5 Å².